The lowest BCUT2D eigenvalue weighted by molar-refractivity contribution is -0.121. The van der Waals surface area contributed by atoms with E-state index < -0.39 is 0 Å². The number of aromatic nitrogens is 4. The summed E-state index contributed by atoms with van der Waals surface area (Å²) in [5, 5.41) is 8.45. The van der Waals surface area contributed by atoms with E-state index in [0.29, 0.717) is 28.5 Å². The van der Waals surface area contributed by atoms with Crippen molar-refractivity contribution in [3.8, 4) is 11.4 Å². The van der Waals surface area contributed by atoms with Crippen molar-refractivity contribution in [3.05, 3.63) is 75.7 Å². The minimum atomic E-state index is -0.257. The maximum atomic E-state index is 13.3. The predicted molar refractivity (Wildman–Crippen MR) is 132 cm³/mol. The van der Waals surface area contributed by atoms with Crippen LogP contribution in [0, 0.1) is 13.8 Å². The highest BCUT2D eigenvalue weighted by Gasteiger charge is 2.29. The fourth-order valence-electron chi connectivity index (χ4n) is 4.16. The first-order valence-electron chi connectivity index (χ1n) is 11.1. The molecular formula is C25H25N5O3S. The Balaban J connectivity index is 1.38. The van der Waals surface area contributed by atoms with Crippen LogP contribution in [0.5, 0.6) is 5.75 Å². The van der Waals surface area contributed by atoms with Gasteiger partial charge in [-0.15, -0.1) is 0 Å². The van der Waals surface area contributed by atoms with E-state index in [0.717, 1.165) is 22.6 Å². The molecule has 174 valence electrons. The molecule has 0 spiro atoms. The zero-order chi connectivity index (χ0) is 23.8. The van der Waals surface area contributed by atoms with Crippen molar-refractivity contribution >= 4 is 28.7 Å². The fourth-order valence-corrected chi connectivity index (χ4v) is 5.29. The lowest BCUT2D eigenvalue weighted by Gasteiger charge is -2.14. The van der Waals surface area contributed by atoms with Crippen molar-refractivity contribution in [3.63, 3.8) is 0 Å². The fraction of sp³-hybridized carbons (Fsp3) is 0.280. The van der Waals surface area contributed by atoms with E-state index in [-0.39, 0.29) is 23.9 Å². The number of nitrogens with zero attached hydrogens (tertiary/aromatic N) is 4. The number of aryl methyl sites for hydroxylation is 2. The molecular weight excluding hydrogens is 450 g/mol. The van der Waals surface area contributed by atoms with Crippen LogP contribution in [0.1, 0.15) is 29.2 Å². The Labute approximate surface area is 201 Å². The van der Waals surface area contributed by atoms with Crippen LogP contribution in [-0.4, -0.2) is 38.1 Å². The van der Waals surface area contributed by atoms with Gasteiger partial charge >= 0.3 is 0 Å². The van der Waals surface area contributed by atoms with Gasteiger partial charge in [0.05, 0.1) is 25.0 Å². The summed E-state index contributed by atoms with van der Waals surface area (Å²) in [7, 11) is 1.61. The number of hydrogen-bond donors (Lipinski definition) is 1. The molecule has 0 saturated carbocycles. The van der Waals surface area contributed by atoms with Crippen molar-refractivity contribution in [2.45, 2.75) is 38.0 Å². The first-order chi connectivity index (χ1) is 16.5. The first-order valence-corrected chi connectivity index (χ1v) is 12.0. The quantitative estimate of drug-likeness (QED) is 0.429. The van der Waals surface area contributed by atoms with Crippen LogP contribution < -0.4 is 15.6 Å². The molecule has 1 atom stereocenters. The van der Waals surface area contributed by atoms with Gasteiger partial charge in [-0.2, -0.15) is 5.10 Å². The standard InChI is InChI=1S/C25H25N5O3S/c1-15-8-9-18(10-16(15)2)30-23-20(13-27-30)24(32)29-19(14-34-25(29)28-23)11-22(31)26-12-17-6-4-5-7-21(17)33-3/h4-10,13,19H,11-12,14H2,1-3H3,(H,26,31). The number of fused-ring (bicyclic) bond motifs is 2. The normalized spacial score (nSPS) is 14.9. The van der Waals surface area contributed by atoms with Gasteiger partial charge < -0.3 is 10.1 Å². The Morgan fingerprint density at radius 2 is 2.03 bits per heavy atom. The molecule has 34 heavy (non-hydrogen) atoms. The van der Waals surface area contributed by atoms with Crippen molar-refractivity contribution in [1.29, 1.82) is 0 Å². The molecule has 5 rings (SSSR count). The van der Waals surface area contributed by atoms with E-state index in [2.05, 4.69) is 17.3 Å². The Morgan fingerprint density at radius 1 is 1.21 bits per heavy atom. The van der Waals surface area contributed by atoms with Gasteiger partial charge in [0.15, 0.2) is 10.8 Å². The number of thioether (sulfide) groups is 1. The number of benzene rings is 2. The van der Waals surface area contributed by atoms with Crippen molar-refractivity contribution in [2.24, 2.45) is 0 Å². The molecule has 1 N–H and O–H groups in total. The zero-order valence-electron chi connectivity index (χ0n) is 19.2. The van der Waals surface area contributed by atoms with Crippen LogP contribution in [0.2, 0.25) is 0 Å². The number of rotatable bonds is 6. The van der Waals surface area contributed by atoms with Crippen molar-refractivity contribution in [1.82, 2.24) is 24.6 Å². The molecule has 0 radical (unpaired) electrons. The number of hydrogen-bond acceptors (Lipinski definition) is 6. The predicted octanol–water partition coefficient (Wildman–Crippen LogP) is 3.56. The third kappa shape index (κ3) is 3.96. The van der Waals surface area contributed by atoms with Crippen LogP contribution in [0.3, 0.4) is 0 Å². The summed E-state index contributed by atoms with van der Waals surface area (Å²) in [4.78, 5) is 30.8. The van der Waals surface area contributed by atoms with Gasteiger partial charge in [-0.3, -0.25) is 14.2 Å². The van der Waals surface area contributed by atoms with Gasteiger partial charge in [0.2, 0.25) is 5.91 Å². The molecule has 8 nitrogen and oxygen atoms in total. The number of methoxy groups -OCH3 is 1. The van der Waals surface area contributed by atoms with E-state index in [4.69, 9.17) is 9.72 Å². The van der Waals surface area contributed by atoms with Crippen LogP contribution in [0.15, 0.2) is 58.6 Å². The molecule has 9 heteroatoms. The van der Waals surface area contributed by atoms with Gasteiger partial charge in [-0.25, -0.2) is 9.67 Å². The molecule has 1 aliphatic rings. The summed E-state index contributed by atoms with van der Waals surface area (Å²) < 4.78 is 8.69. The van der Waals surface area contributed by atoms with Gasteiger partial charge in [0.1, 0.15) is 11.1 Å². The van der Waals surface area contributed by atoms with Gasteiger partial charge in [0, 0.05) is 24.3 Å². The number of ether oxygens (including phenoxy) is 1. The Hall–Kier alpha value is -3.59. The number of carbonyl (C=O) groups is 1. The van der Waals surface area contributed by atoms with Gasteiger partial charge in [0.25, 0.3) is 5.56 Å². The molecule has 2 aromatic carbocycles. The molecule has 4 aromatic rings. The largest absolute Gasteiger partial charge is 0.496 e. The zero-order valence-corrected chi connectivity index (χ0v) is 20.1. The summed E-state index contributed by atoms with van der Waals surface area (Å²) >= 11 is 1.49. The SMILES string of the molecule is COc1ccccc1CNC(=O)CC1CSc2nc3c(cnn3-c3ccc(C)c(C)c3)c(=O)n21. The molecule has 0 bridgehead atoms. The highest BCUT2D eigenvalue weighted by molar-refractivity contribution is 7.99. The maximum absolute atomic E-state index is 13.3. The molecule has 2 aromatic heterocycles. The summed E-state index contributed by atoms with van der Waals surface area (Å²) in [5.41, 5.74) is 4.48. The van der Waals surface area contributed by atoms with E-state index in [1.54, 1.807) is 22.6 Å². The minimum Gasteiger partial charge on any atom is -0.496 e. The molecule has 3 heterocycles. The topological polar surface area (TPSA) is 91.0 Å². The summed E-state index contributed by atoms with van der Waals surface area (Å²) in [5.74, 6) is 1.23. The third-order valence-electron chi connectivity index (χ3n) is 6.20. The Bertz CT molecular complexity index is 1460. The summed E-state index contributed by atoms with van der Waals surface area (Å²) in [6.07, 6.45) is 1.77. The van der Waals surface area contributed by atoms with Gasteiger partial charge in [-0.05, 0) is 43.2 Å². The van der Waals surface area contributed by atoms with E-state index >= 15 is 0 Å². The number of nitrogens with one attached hydrogen (secondary N) is 1. The monoisotopic (exact) mass is 475 g/mol. The molecule has 0 fully saturated rings. The van der Waals surface area contributed by atoms with Gasteiger partial charge in [-0.1, -0.05) is 36.0 Å². The number of para-hydroxylation sites is 1. The van der Waals surface area contributed by atoms with E-state index in [1.807, 2.05) is 49.4 Å². The smallest absolute Gasteiger partial charge is 0.265 e. The van der Waals surface area contributed by atoms with Crippen LogP contribution in [0.25, 0.3) is 16.7 Å². The lowest BCUT2D eigenvalue weighted by atomic mass is 10.1. The number of amides is 1. The highest BCUT2D eigenvalue weighted by Crippen LogP contribution is 2.33. The van der Waals surface area contributed by atoms with Crippen molar-refractivity contribution in [2.75, 3.05) is 12.9 Å². The molecule has 0 aliphatic carbocycles. The van der Waals surface area contributed by atoms with Crippen LogP contribution in [-0.2, 0) is 11.3 Å². The van der Waals surface area contributed by atoms with Crippen molar-refractivity contribution < 1.29 is 9.53 Å². The van der Waals surface area contributed by atoms with E-state index in [9.17, 15) is 9.59 Å². The first kappa shape index (κ1) is 22.2. The minimum absolute atomic E-state index is 0.123. The Kier molecular flexibility index (Phi) is 5.87. The average molecular weight is 476 g/mol. The van der Waals surface area contributed by atoms with Crippen LogP contribution >= 0.6 is 11.8 Å². The van der Waals surface area contributed by atoms with E-state index in [1.165, 1.54) is 17.3 Å². The molecule has 1 aliphatic heterocycles. The number of carbonyl (C=O) groups excluding carboxylic acids is 1. The molecule has 0 saturated heterocycles. The second-order valence-electron chi connectivity index (χ2n) is 8.39. The average Bonchev–Trinajstić information content (AvgIpc) is 3.44. The summed E-state index contributed by atoms with van der Waals surface area (Å²) in [6.45, 7) is 4.47. The highest BCUT2D eigenvalue weighted by atomic mass is 32.2. The second kappa shape index (κ2) is 8.98. The lowest BCUT2D eigenvalue weighted by Crippen LogP contribution is -2.30. The summed E-state index contributed by atoms with van der Waals surface area (Å²) in [6, 6.07) is 13.4. The van der Waals surface area contributed by atoms with Crippen LogP contribution in [0.4, 0.5) is 0 Å². The third-order valence-corrected chi connectivity index (χ3v) is 7.29. The maximum Gasteiger partial charge on any atom is 0.265 e. The molecule has 1 amide bonds. The second-order valence-corrected chi connectivity index (χ2v) is 9.38. The Morgan fingerprint density at radius 3 is 2.82 bits per heavy atom. The molecule has 1 unspecified atom stereocenters.